The number of aromatic nitrogens is 1. The van der Waals surface area contributed by atoms with Gasteiger partial charge in [0.15, 0.2) is 0 Å². The zero-order valence-corrected chi connectivity index (χ0v) is 7.96. The SMILES string of the molecule is COC(=O)c1c(C)cc2n1CCC2. The quantitative estimate of drug-likeness (QED) is 0.612. The van der Waals surface area contributed by atoms with E-state index in [9.17, 15) is 4.79 Å². The topological polar surface area (TPSA) is 31.2 Å². The molecule has 1 aromatic heterocycles. The zero-order chi connectivity index (χ0) is 9.42. The highest BCUT2D eigenvalue weighted by molar-refractivity contribution is 5.89. The predicted octanol–water partition coefficient (Wildman–Crippen LogP) is 1.53. The Kier molecular flexibility index (Phi) is 1.87. The zero-order valence-electron chi connectivity index (χ0n) is 7.96. The minimum absolute atomic E-state index is 0.217. The van der Waals surface area contributed by atoms with E-state index in [0.717, 1.165) is 30.6 Å². The predicted molar refractivity (Wildman–Crippen MR) is 48.8 cm³/mol. The van der Waals surface area contributed by atoms with E-state index in [1.54, 1.807) is 0 Å². The fourth-order valence-electron chi connectivity index (χ4n) is 2.00. The van der Waals surface area contributed by atoms with Crippen molar-refractivity contribution in [3.05, 3.63) is 23.0 Å². The molecule has 0 N–H and O–H groups in total. The first-order valence-electron chi connectivity index (χ1n) is 4.51. The summed E-state index contributed by atoms with van der Waals surface area (Å²) in [5.41, 5.74) is 3.02. The van der Waals surface area contributed by atoms with Crippen molar-refractivity contribution < 1.29 is 9.53 Å². The molecule has 0 saturated heterocycles. The summed E-state index contributed by atoms with van der Waals surface area (Å²) in [5, 5.41) is 0. The first-order chi connectivity index (χ1) is 6.24. The highest BCUT2D eigenvalue weighted by Crippen LogP contribution is 2.23. The van der Waals surface area contributed by atoms with Crippen LogP contribution in [0.3, 0.4) is 0 Å². The van der Waals surface area contributed by atoms with Crippen molar-refractivity contribution in [2.75, 3.05) is 7.11 Å². The molecule has 0 fully saturated rings. The molecule has 1 aromatic rings. The third kappa shape index (κ3) is 1.15. The Labute approximate surface area is 77.3 Å². The molecular weight excluding hydrogens is 166 g/mol. The van der Waals surface area contributed by atoms with Gasteiger partial charge in [-0.3, -0.25) is 0 Å². The second-order valence-corrected chi connectivity index (χ2v) is 3.41. The highest BCUT2D eigenvalue weighted by Gasteiger charge is 2.22. The van der Waals surface area contributed by atoms with E-state index in [4.69, 9.17) is 4.74 Å². The number of rotatable bonds is 1. The largest absolute Gasteiger partial charge is 0.464 e. The minimum Gasteiger partial charge on any atom is -0.464 e. The van der Waals surface area contributed by atoms with Crippen LogP contribution in [-0.4, -0.2) is 17.6 Å². The Hall–Kier alpha value is -1.25. The number of esters is 1. The van der Waals surface area contributed by atoms with Crippen LogP contribution in [0.25, 0.3) is 0 Å². The Morgan fingerprint density at radius 1 is 1.62 bits per heavy atom. The van der Waals surface area contributed by atoms with Gasteiger partial charge in [-0.15, -0.1) is 0 Å². The lowest BCUT2D eigenvalue weighted by molar-refractivity contribution is 0.0588. The van der Waals surface area contributed by atoms with Crippen molar-refractivity contribution in [3.63, 3.8) is 0 Å². The van der Waals surface area contributed by atoms with Gasteiger partial charge in [0, 0.05) is 12.2 Å². The summed E-state index contributed by atoms with van der Waals surface area (Å²) in [6, 6.07) is 2.08. The molecule has 0 aliphatic carbocycles. The molecule has 70 valence electrons. The van der Waals surface area contributed by atoms with Crippen LogP contribution >= 0.6 is 0 Å². The second-order valence-electron chi connectivity index (χ2n) is 3.41. The van der Waals surface area contributed by atoms with E-state index in [-0.39, 0.29) is 5.97 Å². The summed E-state index contributed by atoms with van der Waals surface area (Å²) in [6.07, 6.45) is 2.22. The van der Waals surface area contributed by atoms with Gasteiger partial charge in [-0.1, -0.05) is 0 Å². The van der Waals surface area contributed by atoms with Crippen LogP contribution in [0, 0.1) is 6.92 Å². The Morgan fingerprint density at radius 2 is 2.38 bits per heavy atom. The van der Waals surface area contributed by atoms with Crippen LogP contribution < -0.4 is 0 Å². The van der Waals surface area contributed by atoms with Gasteiger partial charge < -0.3 is 9.30 Å². The molecule has 3 heteroatoms. The van der Waals surface area contributed by atoms with Gasteiger partial charge in [0.1, 0.15) is 5.69 Å². The number of nitrogens with zero attached hydrogens (tertiary/aromatic N) is 1. The third-order valence-corrected chi connectivity index (χ3v) is 2.57. The Bertz CT molecular complexity index is 352. The maximum atomic E-state index is 11.4. The van der Waals surface area contributed by atoms with Crippen molar-refractivity contribution in [2.24, 2.45) is 0 Å². The van der Waals surface area contributed by atoms with Gasteiger partial charge in [-0.25, -0.2) is 4.79 Å². The fraction of sp³-hybridized carbons (Fsp3) is 0.500. The average molecular weight is 179 g/mol. The van der Waals surface area contributed by atoms with Gasteiger partial charge in [-0.05, 0) is 31.4 Å². The molecule has 1 aliphatic rings. The molecule has 0 bridgehead atoms. The van der Waals surface area contributed by atoms with Crippen LogP contribution in [0.4, 0.5) is 0 Å². The molecule has 0 aromatic carbocycles. The van der Waals surface area contributed by atoms with Gasteiger partial charge in [0.2, 0.25) is 0 Å². The maximum absolute atomic E-state index is 11.4. The van der Waals surface area contributed by atoms with Crippen molar-refractivity contribution in [1.29, 1.82) is 0 Å². The van der Waals surface area contributed by atoms with Gasteiger partial charge in [-0.2, -0.15) is 0 Å². The van der Waals surface area contributed by atoms with Crippen LogP contribution in [0.5, 0.6) is 0 Å². The summed E-state index contributed by atoms with van der Waals surface area (Å²) in [4.78, 5) is 11.4. The number of methoxy groups -OCH3 is 1. The molecule has 0 radical (unpaired) electrons. The van der Waals surface area contributed by atoms with E-state index in [0.29, 0.717) is 0 Å². The normalized spacial score (nSPS) is 14.3. The highest BCUT2D eigenvalue weighted by atomic mass is 16.5. The molecule has 2 rings (SSSR count). The number of ether oxygens (including phenoxy) is 1. The van der Waals surface area contributed by atoms with Crippen LogP contribution in [0.2, 0.25) is 0 Å². The number of fused-ring (bicyclic) bond motifs is 1. The lowest BCUT2D eigenvalue weighted by Crippen LogP contribution is -2.10. The molecule has 0 spiro atoms. The van der Waals surface area contributed by atoms with E-state index < -0.39 is 0 Å². The molecule has 13 heavy (non-hydrogen) atoms. The van der Waals surface area contributed by atoms with Crippen molar-refractivity contribution >= 4 is 5.97 Å². The van der Waals surface area contributed by atoms with Gasteiger partial charge in [0.25, 0.3) is 0 Å². The number of hydrogen-bond donors (Lipinski definition) is 0. The standard InChI is InChI=1S/C10H13NO2/c1-7-6-8-4-3-5-11(8)9(7)10(12)13-2/h6H,3-5H2,1-2H3. The number of aryl methyl sites for hydroxylation is 2. The third-order valence-electron chi connectivity index (χ3n) is 2.57. The monoisotopic (exact) mass is 179 g/mol. The number of carbonyl (C=O) groups excluding carboxylic acids is 1. The van der Waals surface area contributed by atoms with E-state index in [2.05, 4.69) is 10.6 Å². The van der Waals surface area contributed by atoms with Crippen molar-refractivity contribution in [3.8, 4) is 0 Å². The molecule has 0 saturated carbocycles. The first-order valence-corrected chi connectivity index (χ1v) is 4.51. The first kappa shape index (κ1) is 8.35. The van der Waals surface area contributed by atoms with E-state index in [1.165, 1.54) is 12.8 Å². The van der Waals surface area contributed by atoms with Crippen molar-refractivity contribution in [1.82, 2.24) is 4.57 Å². The summed E-state index contributed by atoms with van der Waals surface area (Å²) < 4.78 is 6.81. The Balaban J connectivity index is 2.50. The van der Waals surface area contributed by atoms with Crippen LogP contribution in [-0.2, 0) is 17.7 Å². The second kappa shape index (κ2) is 2.91. The molecule has 0 amide bonds. The van der Waals surface area contributed by atoms with Gasteiger partial charge in [0.05, 0.1) is 7.11 Å². The fourth-order valence-corrected chi connectivity index (χ4v) is 2.00. The number of hydrogen-bond acceptors (Lipinski definition) is 2. The lowest BCUT2D eigenvalue weighted by atomic mass is 10.2. The molecule has 0 unspecified atom stereocenters. The molecule has 0 atom stereocenters. The molecule has 2 heterocycles. The van der Waals surface area contributed by atoms with E-state index >= 15 is 0 Å². The summed E-state index contributed by atoms with van der Waals surface area (Å²) in [7, 11) is 1.43. The molecular formula is C10H13NO2. The lowest BCUT2D eigenvalue weighted by Gasteiger charge is -2.04. The smallest absolute Gasteiger partial charge is 0.354 e. The summed E-state index contributed by atoms with van der Waals surface area (Å²) in [5.74, 6) is -0.217. The minimum atomic E-state index is -0.217. The maximum Gasteiger partial charge on any atom is 0.354 e. The van der Waals surface area contributed by atoms with Crippen LogP contribution in [0.1, 0.15) is 28.2 Å². The number of carbonyl (C=O) groups is 1. The summed E-state index contributed by atoms with van der Waals surface area (Å²) in [6.45, 7) is 2.91. The molecule has 3 nitrogen and oxygen atoms in total. The summed E-state index contributed by atoms with van der Waals surface area (Å²) >= 11 is 0. The van der Waals surface area contributed by atoms with Gasteiger partial charge >= 0.3 is 5.97 Å². The Morgan fingerprint density at radius 3 is 3.08 bits per heavy atom. The molecule has 1 aliphatic heterocycles. The van der Waals surface area contributed by atoms with E-state index in [1.807, 2.05) is 6.92 Å². The van der Waals surface area contributed by atoms with Crippen molar-refractivity contribution in [2.45, 2.75) is 26.3 Å². The van der Waals surface area contributed by atoms with Crippen LogP contribution in [0.15, 0.2) is 6.07 Å². The average Bonchev–Trinajstić information content (AvgIpc) is 2.62.